The molecule has 0 N–H and O–H groups in total. The number of amides is 1. The van der Waals surface area contributed by atoms with Crippen molar-refractivity contribution in [1.29, 1.82) is 0 Å². The van der Waals surface area contributed by atoms with E-state index >= 15 is 0 Å². The second kappa shape index (κ2) is 7.33. The van der Waals surface area contributed by atoms with Crippen molar-refractivity contribution in [2.45, 2.75) is 6.42 Å². The average molecular weight is 306 g/mol. The molecule has 1 saturated heterocycles. The standard InChI is InChI=1S/C15H22N4O3/c1-16-9-11-18(12-10-16)8-7-15(20)17(2)13-3-5-14(6-4-13)19(21)22/h3-6H,7-12H2,1-2H3. The Kier molecular flexibility index (Phi) is 5.46. The van der Waals surface area contributed by atoms with Crippen molar-refractivity contribution < 1.29 is 9.72 Å². The number of non-ortho nitro benzene ring substituents is 1. The van der Waals surface area contributed by atoms with Gasteiger partial charge in [0.25, 0.3) is 5.69 Å². The minimum absolute atomic E-state index is 0.0211. The van der Waals surface area contributed by atoms with Crippen molar-refractivity contribution >= 4 is 17.3 Å². The van der Waals surface area contributed by atoms with Gasteiger partial charge in [-0.15, -0.1) is 0 Å². The Morgan fingerprint density at radius 3 is 2.36 bits per heavy atom. The molecule has 1 aromatic rings. The molecule has 1 fully saturated rings. The van der Waals surface area contributed by atoms with Gasteiger partial charge in [-0.2, -0.15) is 0 Å². The predicted molar refractivity (Wildman–Crippen MR) is 85.1 cm³/mol. The summed E-state index contributed by atoms with van der Waals surface area (Å²) in [6.45, 7) is 4.80. The van der Waals surface area contributed by atoms with E-state index in [0.717, 1.165) is 32.7 Å². The summed E-state index contributed by atoms with van der Waals surface area (Å²) in [5.74, 6) is 0.0211. The molecule has 0 atom stereocenters. The van der Waals surface area contributed by atoms with Crippen LogP contribution in [0.25, 0.3) is 0 Å². The van der Waals surface area contributed by atoms with Crippen LogP contribution in [-0.4, -0.2) is 67.4 Å². The minimum Gasteiger partial charge on any atom is -0.315 e. The van der Waals surface area contributed by atoms with Gasteiger partial charge >= 0.3 is 0 Å². The van der Waals surface area contributed by atoms with E-state index in [2.05, 4.69) is 16.8 Å². The van der Waals surface area contributed by atoms with Gasteiger partial charge in [0.05, 0.1) is 4.92 Å². The Labute approximate surface area is 130 Å². The summed E-state index contributed by atoms with van der Waals surface area (Å²) >= 11 is 0. The molecule has 0 radical (unpaired) electrons. The molecule has 0 aromatic heterocycles. The first-order valence-electron chi connectivity index (χ1n) is 7.39. The molecule has 0 aliphatic carbocycles. The smallest absolute Gasteiger partial charge is 0.269 e. The zero-order valence-electron chi connectivity index (χ0n) is 13.1. The second-order valence-corrected chi connectivity index (χ2v) is 5.62. The number of piperazine rings is 1. The first kappa shape index (κ1) is 16.4. The Balaban J connectivity index is 1.85. The predicted octanol–water partition coefficient (Wildman–Crippen LogP) is 1.20. The van der Waals surface area contributed by atoms with Crippen molar-refractivity contribution in [2.24, 2.45) is 0 Å². The number of nitro benzene ring substituents is 1. The van der Waals surface area contributed by atoms with Crippen molar-refractivity contribution in [3.63, 3.8) is 0 Å². The van der Waals surface area contributed by atoms with E-state index in [1.807, 2.05) is 0 Å². The Hall–Kier alpha value is -1.99. The van der Waals surface area contributed by atoms with E-state index in [0.29, 0.717) is 12.1 Å². The van der Waals surface area contributed by atoms with Gasteiger partial charge in [-0.05, 0) is 19.2 Å². The van der Waals surface area contributed by atoms with Crippen LogP contribution in [0.4, 0.5) is 11.4 Å². The molecule has 7 nitrogen and oxygen atoms in total. The van der Waals surface area contributed by atoms with Crippen LogP contribution in [0, 0.1) is 10.1 Å². The molecule has 0 saturated carbocycles. The monoisotopic (exact) mass is 306 g/mol. The summed E-state index contributed by atoms with van der Waals surface area (Å²) in [4.78, 5) is 28.5. The molecule has 1 aliphatic rings. The van der Waals surface area contributed by atoms with Gasteiger partial charge in [0, 0.05) is 64.0 Å². The molecule has 2 rings (SSSR count). The highest BCUT2D eigenvalue weighted by molar-refractivity contribution is 5.92. The fourth-order valence-corrected chi connectivity index (χ4v) is 2.43. The number of carbonyl (C=O) groups excluding carboxylic acids is 1. The summed E-state index contributed by atoms with van der Waals surface area (Å²) in [6.07, 6.45) is 0.456. The topological polar surface area (TPSA) is 69.9 Å². The molecule has 1 aliphatic heterocycles. The SMILES string of the molecule is CN1CCN(CCC(=O)N(C)c2ccc([N+](=O)[O-])cc2)CC1. The van der Waals surface area contributed by atoms with Gasteiger partial charge in [0.1, 0.15) is 0 Å². The van der Waals surface area contributed by atoms with Crippen LogP contribution in [0.3, 0.4) is 0 Å². The summed E-state index contributed by atoms with van der Waals surface area (Å²) < 4.78 is 0. The number of likely N-dealkylation sites (N-methyl/N-ethyl adjacent to an activating group) is 1. The van der Waals surface area contributed by atoms with Crippen LogP contribution in [0.2, 0.25) is 0 Å². The van der Waals surface area contributed by atoms with Crippen LogP contribution in [0.5, 0.6) is 0 Å². The first-order valence-corrected chi connectivity index (χ1v) is 7.39. The van der Waals surface area contributed by atoms with Gasteiger partial charge in [-0.1, -0.05) is 0 Å². The largest absolute Gasteiger partial charge is 0.315 e. The van der Waals surface area contributed by atoms with E-state index < -0.39 is 4.92 Å². The second-order valence-electron chi connectivity index (χ2n) is 5.62. The molecule has 22 heavy (non-hydrogen) atoms. The van der Waals surface area contributed by atoms with Crippen molar-refractivity contribution in [3.05, 3.63) is 34.4 Å². The first-order chi connectivity index (χ1) is 10.5. The zero-order valence-corrected chi connectivity index (χ0v) is 13.1. The maximum Gasteiger partial charge on any atom is 0.269 e. The third-order valence-corrected chi connectivity index (χ3v) is 4.06. The lowest BCUT2D eigenvalue weighted by Gasteiger charge is -2.32. The van der Waals surface area contributed by atoms with Gasteiger partial charge < -0.3 is 14.7 Å². The quantitative estimate of drug-likeness (QED) is 0.604. The Morgan fingerprint density at radius 2 is 1.82 bits per heavy atom. The van der Waals surface area contributed by atoms with Crippen LogP contribution >= 0.6 is 0 Å². The number of nitrogens with zero attached hydrogens (tertiary/aromatic N) is 4. The summed E-state index contributed by atoms with van der Waals surface area (Å²) in [5, 5.41) is 10.6. The average Bonchev–Trinajstić information content (AvgIpc) is 2.53. The normalized spacial score (nSPS) is 16.5. The highest BCUT2D eigenvalue weighted by Gasteiger charge is 2.17. The number of hydrogen-bond acceptors (Lipinski definition) is 5. The van der Waals surface area contributed by atoms with E-state index in [1.54, 1.807) is 24.1 Å². The molecular weight excluding hydrogens is 284 g/mol. The van der Waals surface area contributed by atoms with Crippen molar-refractivity contribution in [2.75, 3.05) is 51.7 Å². The maximum absolute atomic E-state index is 12.2. The van der Waals surface area contributed by atoms with Gasteiger partial charge in [0.2, 0.25) is 5.91 Å². The fourth-order valence-electron chi connectivity index (χ4n) is 2.43. The zero-order chi connectivity index (χ0) is 16.1. The van der Waals surface area contributed by atoms with Crippen LogP contribution < -0.4 is 4.90 Å². The molecule has 1 heterocycles. The van der Waals surface area contributed by atoms with E-state index in [4.69, 9.17) is 0 Å². The highest BCUT2D eigenvalue weighted by Crippen LogP contribution is 2.19. The molecule has 1 amide bonds. The van der Waals surface area contributed by atoms with Gasteiger partial charge in [-0.3, -0.25) is 14.9 Å². The Bertz CT molecular complexity index is 524. The number of nitro groups is 1. The lowest BCUT2D eigenvalue weighted by Crippen LogP contribution is -2.45. The van der Waals surface area contributed by atoms with Crippen LogP contribution in [-0.2, 0) is 4.79 Å². The van der Waals surface area contributed by atoms with E-state index in [1.165, 1.54) is 12.1 Å². The Morgan fingerprint density at radius 1 is 1.23 bits per heavy atom. The maximum atomic E-state index is 12.2. The third-order valence-electron chi connectivity index (χ3n) is 4.06. The number of benzene rings is 1. The number of carbonyl (C=O) groups is 1. The number of rotatable bonds is 5. The molecule has 0 bridgehead atoms. The summed E-state index contributed by atoms with van der Waals surface area (Å²) in [7, 11) is 3.80. The third kappa shape index (κ3) is 4.25. The summed E-state index contributed by atoms with van der Waals surface area (Å²) in [5.41, 5.74) is 0.705. The van der Waals surface area contributed by atoms with E-state index in [-0.39, 0.29) is 11.6 Å². The summed E-state index contributed by atoms with van der Waals surface area (Å²) in [6, 6.07) is 6.04. The highest BCUT2D eigenvalue weighted by atomic mass is 16.6. The van der Waals surface area contributed by atoms with Gasteiger partial charge in [-0.25, -0.2) is 0 Å². The molecule has 7 heteroatoms. The lowest BCUT2D eigenvalue weighted by molar-refractivity contribution is -0.384. The minimum atomic E-state index is -0.445. The van der Waals surface area contributed by atoms with Crippen molar-refractivity contribution in [1.82, 2.24) is 9.80 Å². The molecule has 0 spiro atoms. The van der Waals surface area contributed by atoms with Gasteiger partial charge in [0.15, 0.2) is 0 Å². The number of hydrogen-bond donors (Lipinski definition) is 0. The van der Waals surface area contributed by atoms with Crippen molar-refractivity contribution in [3.8, 4) is 0 Å². The van der Waals surface area contributed by atoms with E-state index in [9.17, 15) is 14.9 Å². The fraction of sp³-hybridized carbons (Fsp3) is 0.533. The lowest BCUT2D eigenvalue weighted by atomic mass is 10.2. The number of anilines is 1. The van der Waals surface area contributed by atoms with Crippen LogP contribution in [0.1, 0.15) is 6.42 Å². The molecule has 1 aromatic carbocycles. The van der Waals surface area contributed by atoms with Crippen LogP contribution in [0.15, 0.2) is 24.3 Å². The molecular formula is C15H22N4O3. The molecule has 0 unspecified atom stereocenters. The molecule has 120 valence electrons.